The molecule has 2 N–H and O–H groups in total. The molecule has 2 aromatic carbocycles. The van der Waals surface area contributed by atoms with E-state index in [0.717, 1.165) is 16.7 Å². The van der Waals surface area contributed by atoms with Gasteiger partial charge in [0.25, 0.3) is 0 Å². The summed E-state index contributed by atoms with van der Waals surface area (Å²) in [5, 5.41) is 1.62. The third-order valence-corrected chi connectivity index (χ3v) is 4.04. The van der Waals surface area contributed by atoms with Gasteiger partial charge < -0.3 is 10.5 Å². The normalized spacial score (nSPS) is 12.3. The van der Waals surface area contributed by atoms with Crippen molar-refractivity contribution in [1.29, 1.82) is 0 Å². The fraction of sp³-hybridized carbons (Fsp3) is 0.200. The van der Waals surface area contributed by atoms with E-state index in [1.54, 1.807) is 12.1 Å². The summed E-state index contributed by atoms with van der Waals surface area (Å²) in [7, 11) is 1.54. The third kappa shape index (κ3) is 3.04. The number of nitrogens with two attached hydrogens (primary N) is 1. The second kappa shape index (κ2) is 6.23. The average molecular weight is 331 g/mol. The van der Waals surface area contributed by atoms with Crippen molar-refractivity contribution in [2.75, 3.05) is 7.11 Å². The first kappa shape index (κ1) is 15.5. The average Bonchev–Trinajstić information content (AvgIpc) is 2.42. The lowest BCUT2D eigenvalue weighted by molar-refractivity contribution is 0.415. The molecule has 0 aliphatic rings. The summed E-state index contributed by atoms with van der Waals surface area (Å²) < 4.78 is 5.13. The molecule has 0 saturated heterocycles. The van der Waals surface area contributed by atoms with Crippen LogP contribution in [0.4, 0.5) is 0 Å². The van der Waals surface area contributed by atoms with E-state index in [0.29, 0.717) is 20.8 Å². The summed E-state index contributed by atoms with van der Waals surface area (Å²) in [6.07, 6.45) is 0. The van der Waals surface area contributed by atoms with Crippen LogP contribution < -0.4 is 10.5 Å². The van der Waals surface area contributed by atoms with Gasteiger partial charge in [0.2, 0.25) is 0 Å². The maximum absolute atomic E-state index is 6.30. The van der Waals surface area contributed by atoms with Crippen LogP contribution in [0.3, 0.4) is 0 Å². The topological polar surface area (TPSA) is 35.2 Å². The van der Waals surface area contributed by atoms with E-state index in [1.165, 1.54) is 7.11 Å². The Labute approximate surface area is 133 Å². The van der Waals surface area contributed by atoms with Crippen LogP contribution >= 0.6 is 34.8 Å². The molecule has 0 amide bonds. The predicted molar refractivity (Wildman–Crippen MR) is 85.2 cm³/mol. The summed E-state index contributed by atoms with van der Waals surface area (Å²) in [5.74, 6) is 0.524. The van der Waals surface area contributed by atoms with Crippen molar-refractivity contribution in [3.63, 3.8) is 0 Å². The van der Waals surface area contributed by atoms with Crippen molar-refractivity contribution in [3.05, 3.63) is 62.1 Å². The van der Waals surface area contributed by atoms with Gasteiger partial charge in [-0.25, -0.2) is 0 Å². The maximum atomic E-state index is 6.30. The van der Waals surface area contributed by atoms with E-state index in [9.17, 15) is 0 Å². The van der Waals surface area contributed by atoms with Crippen LogP contribution in [0.15, 0.2) is 30.3 Å². The number of aryl methyl sites for hydroxylation is 1. The minimum Gasteiger partial charge on any atom is -0.495 e. The molecule has 0 saturated carbocycles. The predicted octanol–water partition coefficient (Wildman–Crippen LogP) is 5.01. The number of hydrogen-bond donors (Lipinski definition) is 1. The van der Waals surface area contributed by atoms with E-state index in [4.69, 9.17) is 45.3 Å². The van der Waals surface area contributed by atoms with Crippen LogP contribution in [-0.2, 0) is 0 Å². The van der Waals surface area contributed by atoms with Crippen molar-refractivity contribution < 1.29 is 4.74 Å². The molecule has 1 unspecified atom stereocenters. The molecule has 5 heteroatoms. The lowest BCUT2D eigenvalue weighted by Crippen LogP contribution is -2.14. The highest BCUT2D eigenvalue weighted by Gasteiger charge is 2.17. The van der Waals surface area contributed by atoms with Crippen molar-refractivity contribution in [2.24, 2.45) is 5.73 Å². The Bertz CT molecular complexity index is 643. The molecule has 2 aromatic rings. The van der Waals surface area contributed by atoms with Gasteiger partial charge in [0.1, 0.15) is 5.75 Å². The van der Waals surface area contributed by atoms with E-state index in [1.807, 2.05) is 25.1 Å². The molecule has 2 nitrogen and oxygen atoms in total. The molecule has 2 rings (SSSR count). The van der Waals surface area contributed by atoms with Gasteiger partial charge in [-0.05, 0) is 41.8 Å². The Morgan fingerprint density at radius 3 is 2.35 bits per heavy atom. The molecule has 0 radical (unpaired) electrons. The van der Waals surface area contributed by atoms with Crippen LogP contribution in [0.5, 0.6) is 5.75 Å². The van der Waals surface area contributed by atoms with Crippen LogP contribution in [0.2, 0.25) is 15.1 Å². The number of rotatable bonds is 3. The zero-order valence-corrected chi connectivity index (χ0v) is 13.4. The van der Waals surface area contributed by atoms with E-state index in [-0.39, 0.29) is 0 Å². The van der Waals surface area contributed by atoms with Gasteiger partial charge in [-0.3, -0.25) is 0 Å². The zero-order valence-electron chi connectivity index (χ0n) is 11.1. The van der Waals surface area contributed by atoms with Gasteiger partial charge >= 0.3 is 0 Å². The van der Waals surface area contributed by atoms with Gasteiger partial charge in [0.05, 0.1) is 18.2 Å². The monoisotopic (exact) mass is 329 g/mol. The van der Waals surface area contributed by atoms with Crippen LogP contribution in [-0.4, -0.2) is 7.11 Å². The quantitative estimate of drug-likeness (QED) is 0.858. The molecule has 0 aromatic heterocycles. The molecular weight excluding hydrogens is 317 g/mol. The highest BCUT2D eigenvalue weighted by molar-refractivity contribution is 6.34. The first-order chi connectivity index (χ1) is 9.43. The summed E-state index contributed by atoms with van der Waals surface area (Å²) in [6.45, 7) is 1.98. The number of hydrogen-bond acceptors (Lipinski definition) is 2. The fourth-order valence-corrected chi connectivity index (χ4v) is 2.75. The number of halogens is 3. The molecule has 0 heterocycles. The van der Waals surface area contributed by atoms with E-state index >= 15 is 0 Å². The maximum Gasteiger partial charge on any atom is 0.138 e. The number of ether oxygens (including phenoxy) is 1. The Balaban J connectivity index is 2.50. The second-order valence-electron chi connectivity index (χ2n) is 4.49. The fourth-order valence-electron chi connectivity index (χ4n) is 2.05. The Morgan fingerprint density at radius 2 is 1.70 bits per heavy atom. The summed E-state index contributed by atoms with van der Waals surface area (Å²) in [5.41, 5.74) is 9.01. The molecule has 20 heavy (non-hydrogen) atoms. The van der Waals surface area contributed by atoms with E-state index < -0.39 is 6.04 Å². The minimum atomic E-state index is -0.399. The van der Waals surface area contributed by atoms with Gasteiger partial charge in [-0.15, -0.1) is 0 Å². The van der Waals surface area contributed by atoms with Crippen molar-refractivity contribution >= 4 is 34.8 Å². The Morgan fingerprint density at radius 1 is 1.00 bits per heavy atom. The van der Waals surface area contributed by atoms with Crippen molar-refractivity contribution in [3.8, 4) is 5.75 Å². The molecule has 1 atom stereocenters. The second-order valence-corrected chi connectivity index (χ2v) is 5.74. The molecule has 106 valence electrons. The van der Waals surface area contributed by atoms with Crippen LogP contribution in [0.1, 0.15) is 22.7 Å². The van der Waals surface area contributed by atoms with Gasteiger partial charge in [0.15, 0.2) is 0 Å². The Kier molecular flexibility index (Phi) is 4.82. The van der Waals surface area contributed by atoms with E-state index in [2.05, 4.69) is 0 Å². The van der Waals surface area contributed by atoms with Crippen LogP contribution in [0, 0.1) is 6.92 Å². The highest BCUT2D eigenvalue weighted by atomic mass is 35.5. The first-order valence-electron chi connectivity index (χ1n) is 5.98. The standard InChI is InChI=1S/C15H14Cl3NO/c1-8-3-4-9(16)5-10(8)15(19)11-6-13(18)14(20-2)7-12(11)17/h3-7,15H,19H2,1-2H3. The van der Waals surface area contributed by atoms with Gasteiger partial charge in [-0.2, -0.15) is 0 Å². The molecule has 0 aliphatic carbocycles. The lowest BCUT2D eigenvalue weighted by Gasteiger charge is -2.18. The summed E-state index contributed by atoms with van der Waals surface area (Å²) in [6, 6.07) is 8.60. The lowest BCUT2D eigenvalue weighted by atomic mass is 9.95. The SMILES string of the molecule is COc1cc(Cl)c(C(N)c2cc(Cl)ccc2C)cc1Cl. The zero-order chi connectivity index (χ0) is 14.9. The first-order valence-corrected chi connectivity index (χ1v) is 7.12. The summed E-state index contributed by atoms with van der Waals surface area (Å²) in [4.78, 5) is 0. The molecular formula is C15H14Cl3NO. The smallest absolute Gasteiger partial charge is 0.138 e. The minimum absolute atomic E-state index is 0.399. The molecule has 0 spiro atoms. The molecule has 0 aliphatic heterocycles. The third-order valence-electron chi connectivity index (χ3n) is 3.18. The van der Waals surface area contributed by atoms with Gasteiger partial charge in [0, 0.05) is 16.1 Å². The van der Waals surface area contributed by atoms with Crippen LogP contribution in [0.25, 0.3) is 0 Å². The highest BCUT2D eigenvalue weighted by Crippen LogP contribution is 2.36. The van der Waals surface area contributed by atoms with Gasteiger partial charge in [-0.1, -0.05) is 40.9 Å². The largest absolute Gasteiger partial charge is 0.495 e. The number of methoxy groups -OCH3 is 1. The molecule has 0 bridgehead atoms. The van der Waals surface area contributed by atoms with Crippen molar-refractivity contribution in [2.45, 2.75) is 13.0 Å². The van der Waals surface area contributed by atoms with Crippen molar-refractivity contribution in [1.82, 2.24) is 0 Å². The Hall–Kier alpha value is -0.930. The summed E-state index contributed by atoms with van der Waals surface area (Å²) >= 11 is 18.4. The number of benzene rings is 2. The molecule has 0 fully saturated rings.